The molecule has 0 bridgehead atoms. The second-order valence-electron chi connectivity index (χ2n) is 8.41. The third-order valence-corrected chi connectivity index (χ3v) is 4.53. The molecule has 3 rings (SSSR count). The Hall–Kier alpha value is -4.09. The molecule has 0 unspecified atom stereocenters. The third-order valence-electron chi connectivity index (χ3n) is 4.53. The van der Waals surface area contributed by atoms with Crippen LogP contribution in [0.4, 0.5) is 15.3 Å². The minimum absolute atomic E-state index is 0.00553. The van der Waals surface area contributed by atoms with Gasteiger partial charge in [-0.2, -0.15) is 5.10 Å². The van der Waals surface area contributed by atoms with E-state index >= 15 is 0 Å². The van der Waals surface area contributed by atoms with Crippen LogP contribution in [-0.2, 0) is 26.2 Å². The van der Waals surface area contributed by atoms with Crippen LogP contribution < -0.4 is 15.4 Å². The Morgan fingerprint density at radius 3 is 2.41 bits per heavy atom. The molecule has 0 atom stereocenters. The number of anilines is 1. The number of alkyl carbamates (subject to hydrolysis) is 1. The van der Waals surface area contributed by atoms with Gasteiger partial charge in [-0.25, -0.2) is 9.59 Å². The van der Waals surface area contributed by atoms with E-state index in [0.717, 1.165) is 0 Å². The lowest BCUT2D eigenvalue weighted by molar-refractivity contribution is -0.170. The maximum atomic E-state index is 12.2. The summed E-state index contributed by atoms with van der Waals surface area (Å²) in [6.45, 7) is 5.70. The number of amides is 4. The molecule has 2 heterocycles. The molecule has 4 amide bonds. The highest BCUT2D eigenvalue weighted by molar-refractivity contribution is 6.02. The lowest BCUT2D eigenvalue weighted by Crippen LogP contribution is -2.34. The van der Waals surface area contributed by atoms with Crippen LogP contribution in [0, 0.1) is 0 Å². The molecule has 1 fully saturated rings. The van der Waals surface area contributed by atoms with E-state index < -0.39 is 29.6 Å². The van der Waals surface area contributed by atoms with Gasteiger partial charge >= 0.3 is 12.2 Å². The van der Waals surface area contributed by atoms with Gasteiger partial charge in [0, 0.05) is 37.3 Å². The molecule has 0 radical (unpaired) electrons. The molecule has 1 aromatic heterocycles. The van der Waals surface area contributed by atoms with E-state index in [0.29, 0.717) is 27.8 Å². The van der Waals surface area contributed by atoms with Crippen molar-refractivity contribution in [2.75, 3.05) is 18.5 Å². The number of imide groups is 1. The number of ether oxygens (including phenoxy) is 2. The van der Waals surface area contributed by atoms with Crippen LogP contribution in [0.5, 0.6) is 5.75 Å². The number of nitrogens with one attached hydrogen (secondary N) is 2. The standard InChI is InChI=1S/C22H27N5O7/c1-22(2,3)33-20(30)23-11-12-32-17-6-5-14(13-15(17)16-9-10-24-26(16)4)25-21(31)34-27-18(28)7-8-19(27)29/h5-6,9-10,13H,7-8,11-12H2,1-4H3,(H,23,30)(H,25,31). The number of carbonyl (C=O) groups excluding carboxylic acids is 4. The van der Waals surface area contributed by atoms with E-state index in [1.165, 1.54) is 0 Å². The summed E-state index contributed by atoms with van der Waals surface area (Å²) in [7, 11) is 1.75. The van der Waals surface area contributed by atoms with Gasteiger partial charge in [-0.05, 0) is 45.0 Å². The van der Waals surface area contributed by atoms with Gasteiger partial charge < -0.3 is 19.6 Å². The maximum absolute atomic E-state index is 12.2. The van der Waals surface area contributed by atoms with Crippen LogP contribution in [0.25, 0.3) is 11.3 Å². The zero-order valence-corrected chi connectivity index (χ0v) is 19.4. The number of aromatic nitrogens is 2. The monoisotopic (exact) mass is 473 g/mol. The Bertz CT molecular complexity index is 1070. The molecule has 12 nitrogen and oxygen atoms in total. The normalized spacial score (nSPS) is 13.6. The highest BCUT2D eigenvalue weighted by atomic mass is 16.7. The largest absolute Gasteiger partial charge is 0.491 e. The quantitative estimate of drug-likeness (QED) is 0.462. The van der Waals surface area contributed by atoms with Crippen molar-refractivity contribution in [1.82, 2.24) is 20.2 Å². The highest BCUT2D eigenvalue weighted by Gasteiger charge is 2.33. The van der Waals surface area contributed by atoms with E-state index in [4.69, 9.17) is 14.3 Å². The van der Waals surface area contributed by atoms with Gasteiger partial charge in [0.1, 0.15) is 18.0 Å². The molecule has 34 heavy (non-hydrogen) atoms. The summed E-state index contributed by atoms with van der Waals surface area (Å²) in [5.41, 5.74) is 1.07. The number of rotatable bonds is 7. The van der Waals surface area contributed by atoms with E-state index in [-0.39, 0.29) is 26.0 Å². The van der Waals surface area contributed by atoms with Crippen molar-refractivity contribution in [2.24, 2.45) is 7.05 Å². The fourth-order valence-electron chi connectivity index (χ4n) is 3.08. The van der Waals surface area contributed by atoms with Gasteiger partial charge in [-0.1, -0.05) is 0 Å². The lowest BCUT2D eigenvalue weighted by atomic mass is 10.1. The topological polar surface area (TPSA) is 141 Å². The first-order chi connectivity index (χ1) is 16.0. The Balaban J connectivity index is 1.67. The Labute approximate surface area is 196 Å². The Morgan fingerprint density at radius 2 is 1.79 bits per heavy atom. The molecular formula is C22H27N5O7. The lowest BCUT2D eigenvalue weighted by Gasteiger charge is -2.20. The molecule has 0 saturated carbocycles. The van der Waals surface area contributed by atoms with Crippen molar-refractivity contribution in [1.29, 1.82) is 0 Å². The summed E-state index contributed by atoms with van der Waals surface area (Å²) in [4.78, 5) is 52.1. The van der Waals surface area contributed by atoms with Gasteiger partial charge in [0.25, 0.3) is 11.8 Å². The number of hydrogen-bond donors (Lipinski definition) is 2. The molecule has 2 aromatic rings. The molecule has 12 heteroatoms. The molecule has 0 aliphatic carbocycles. The van der Waals surface area contributed by atoms with E-state index in [9.17, 15) is 19.2 Å². The SMILES string of the molecule is Cn1nccc1-c1cc(NC(=O)ON2C(=O)CCC2=O)ccc1OCCNC(=O)OC(C)(C)C. The van der Waals surface area contributed by atoms with Crippen LogP contribution in [-0.4, -0.2) is 57.6 Å². The van der Waals surface area contributed by atoms with Gasteiger partial charge in [-0.15, -0.1) is 5.06 Å². The van der Waals surface area contributed by atoms with Crippen molar-refractivity contribution >= 4 is 29.7 Å². The summed E-state index contributed by atoms with van der Waals surface area (Å²) in [5.74, 6) is -0.655. The van der Waals surface area contributed by atoms with Crippen LogP contribution in [0.15, 0.2) is 30.5 Å². The minimum Gasteiger partial charge on any atom is -0.491 e. The first-order valence-corrected chi connectivity index (χ1v) is 10.6. The summed E-state index contributed by atoms with van der Waals surface area (Å²) >= 11 is 0. The third kappa shape index (κ3) is 6.47. The van der Waals surface area contributed by atoms with Gasteiger partial charge in [0.15, 0.2) is 0 Å². The van der Waals surface area contributed by atoms with Crippen molar-refractivity contribution in [3.63, 3.8) is 0 Å². The second kappa shape index (κ2) is 10.2. The minimum atomic E-state index is -0.977. The van der Waals surface area contributed by atoms with Crippen molar-refractivity contribution in [3.8, 4) is 17.0 Å². The maximum Gasteiger partial charge on any atom is 0.436 e. The average Bonchev–Trinajstić information content (AvgIpc) is 3.30. The number of carbonyl (C=O) groups is 4. The predicted molar refractivity (Wildman–Crippen MR) is 120 cm³/mol. The summed E-state index contributed by atoms with van der Waals surface area (Å²) in [6, 6.07) is 6.62. The number of hydrogen-bond acceptors (Lipinski definition) is 8. The Kier molecular flexibility index (Phi) is 7.39. The number of aryl methyl sites for hydroxylation is 1. The van der Waals surface area contributed by atoms with Crippen molar-refractivity contribution in [3.05, 3.63) is 30.5 Å². The average molecular weight is 473 g/mol. The van der Waals surface area contributed by atoms with Gasteiger partial charge in [0.2, 0.25) is 0 Å². The Morgan fingerprint density at radius 1 is 1.09 bits per heavy atom. The fraction of sp³-hybridized carbons (Fsp3) is 0.409. The van der Waals surface area contributed by atoms with Crippen molar-refractivity contribution < 1.29 is 33.5 Å². The highest BCUT2D eigenvalue weighted by Crippen LogP contribution is 2.32. The zero-order chi connectivity index (χ0) is 24.9. The number of hydroxylamine groups is 2. The molecule has 1 saturated heterocycles. The molecule has 182 valence electrons. The predicted octanol–water partition coefficient (Wildman–Crippen LogP) is 2.60. The van der Waals surface area contributed by atoms with Crippen LogP contribution in [0.3, 0.4) is 0 Å². The second-order valence-corrected chi connectivity index (χ2v) is 8.41. The van der Waals surface area contributed by atoms with Gasteiger partial charge in [0.05, 0.1) is 12.2 Å². The first-order valence-electron chi connectivity index (χ1n) is 10.6. The van der Waals surface area contributed by atoms with Crippen LogP contribution in [0.1, 0.15) is 33.6 Å². The summed E-state index contributed by atoms with van der Waals surface area (Å²) in [6.07, 6.45) is 0.102. The van der Waals surface area contributed by atoms with Gasteiger partial charge in [-0.3, -0.25) is 19.6 Å². The molecule has 2 N–H and O–H groups in total. The smallest absolute Gasteiger partial charge is 0.436 e. The molecule has 1 aliphatic heterocycles. The molecule has 1 aliphatic rings. The van der Waals surface area contributed by atoms with Crippen LogP contribution >= 0.6 is 0 Å². The number of nitrogens with zero attached hydrogens (tertiary/aromatic N) is 3. The van der Waals surface area contributed by atoms with Crippen molar-refractivity contribution in [2.45, 2.75) is 39.2 Å². The molecule has 0 spiro atoms. The molecule has 1 aromatic carbocycles. The van der Waals surface area contributed by atoms with E-state index in [1.807, 2.05) is 0 Å². The zero-order valence-electron chi connectivity index (χ0n) is 19.4. The van der Waals surface area contributed by atoms with E-state index in [2.05, 4.69) is 15.7 Å². The van der Waals surface area contributed by atoms with E-state index in [1.54, 1.807) is 63.0 Å². The van der Waals surface area contributed by atoms with Crippen LogP contribution in [0.2, 0.25) is 0 Å². The summed E-state index contributed by atoms with van der Waals surface area (Å²) < 4.78 is 12.7. The summed E-state index contributed by atoms with van der Waals surface area (Å²) in [5, 5.41) is 9.74. The first kappa shape index (κ1) is 24.6. The fourth-order valence-corrected chi connectivity index (χ4v) is 3.08. The number of benzene rings is 1. The molecular weight excluding hydrogens is 446 g/mol.